The van der Waals surface area contributed by atoms with E-state index in [2.05, 4.69) is 93.3 Å². The number of amides is 2. The topological polar surface area (TPSA) is 87.1 Å². The summed E-state index contributed by atoms with van der Waals surface area (Å²) in [5.74, 6) is 1.56. The summed E-state index contributed by atoms with van der Waals surface area (Å²) in [7, 11) is 4.89. The molecule has 3 aromatic carbocycles. The summed E-state index contributed by atoms with van der Waals surface area (Å²) in [5, 5.41) is 4.05. The number of benzene rings is 3. The Morgan fingerprint density at radius 3 is 2.39 bits per heavy atom. The predicted molar refractivity (Wildman–Crippen MR) is 228 cm³/mol. The Hall–Kier alpha value is -3.99. The van der Waals surface area contributed by atoms with Crippen LogP contribution in [0.4, 0.5) is 0 Å². The van der Waals surface area contributed by atoms with E-state index in [1.54, 1.807) is 13.4 Å². The van der Waals surface area contributed by atoms with Crippen molar-refractivity contribution in [3.63, 3.8) is 0 Å². The molecule has 1 N–H and O–H groups in total. The van der Waals surface area contributed by atoms with Gasteiger partial charge in [0.2, 0.25) is 5.91 Å². The first-order valence-electron chi connectivity index (χ1n) is 21.3. The first-order chi connectivity index (χ1) is 27.6. The van der Waals surface area contributed by atoms with Crippen LogP contribution in [-0.2, 0) is 28.7 Å². The SMILES string of the molecule is COc1ccc2c(c1)C1CC1(C(=O)N1C3CCC1CC(N(CCN(C)C)Cc1ccccc1)C3)Cn1c-2c(C2CCCCC2)c2ccc(C(=O)NCS(C)=O)cc21. The van der Waals surface area contributed by atoms with Crippen LogP contribution in [0.1, 0.15) is 103 Å². The third-order valence-corrected chi connectivity index (χ3v) is 14.7. The van der Waals surface area contributed by atoms with Gasteiger partial charge in [-0.25, -0.2) is 0 Å². The monoisotopic (exact) mass is 789 g/mol. The number of rotatable bonds is 12. The lowest BCUT2D eigenvalue weighted by Crippen LogP contribution is -2.55. The first-order valence-corrected chi connectivity index (χ1v) is 23.1. The fourth-order valence-corrected chi connectivity index (χ4v) is 11.6. The minimum Gasteiger partial charge on any atom is -0.497 e. The molecule has 1 aromatic heterocycles. The van der Waals surface area contributed by atoms with Gasteiger partial charge in [0.25, 0.3) is 5.91 Å². The highest BCUT2D eigenvalue weighted by molar-refractivity contribution is 7.84. The smallest absolute Gasteiger partial charge is 0.252 e. The second-order valence-electron chi connectivity index (χ2n) is 18.0. The molecule has 2 saturated heterocycles. The summed E-state index contributed by atoms with van der Waals surface area (Å²) in [6, 6.07) is 24.4. The van der Waals surface area contributed by atoms with E-state index in [9.17, 15) is 9.00 Å². The number of carbonyl (C=O) groups is 2. The van der Waals surface area contributed by atoms with E-state index in [1.807, 2.05) is 12.1 Å². The van der Waals surface area contributed by atoms with Crippen LogP contribution >= 0.6 is 0 Å². The molecule has 0 radical (unpaired) electrons. The molecule has 57 heavy (non-hydrogen) atoms. The zero-order chi connectivity index (χ0) is 39.4. The lowest BCUT2D eigenvalue weighted by molar-refractivity contribution is -0.143. The normalized spacial score (nSPS) is 25.8. The number of methoxy groups -OCH3 is 1. The molecule has 4 heterocycles. The zero-order valence-electron chi connectivity index (χ0n) is 34.2. The van der Waals surface area contributed by atoms with Crippen LogP contribution in [0.2, 0.25) is 0 Å². The van der Waals surface area contributed by atoms with Crippen LogP contribution in [0.15, 0.2) is 66.7 Å². The minimum absolute atomic E-state index is 0.0991. The second-order valence-corrected chi connectivity index (χ2v) is 19.4. The van der Waals surface area contributed by atoms with E-state index in [0.29, 0.717) is 30.0 Å². The molecule has 10 heteroatoms. The van der Waals surface area contributed by atoms with Gasteiger partial charge in [-0.15, -0.1) is 0 Å². The van der Waals surface area contributed by atoms with Crippen molar-refractivity contribution in [3.05, 3.63) is 89.0 Å². The van der Waals surface area contributed by atoms with Crippen molar-refractivity contribution in [1.82, 2.24) is 24.6 Å². The largest absolute Gasteiger partial charge is 0.497 e. The highest BCUT2D eigenvalue weighted by atomic mass is 32.2. The molecule has 302 valence electrons. The van der Waals surface area contributed by atoms with Crippen LogP contribution in [-0.4, -0.2) is 99.8 Å². The number of nitrogens with zero attached hydrogens (tertiary/aromatic N) is 4. The molecule has 0 spiro atoms. The number of likely N-dealkylation sites (N-methyl/N-ethyl adjacent to an activating group) is 1. The van der Waals surface area contributed by atoms with E-state index in [1.165, 1.54) is 52.6 Å². The van der Waals surface area contributed by atoms with Gasteiger partial charge >= 0.3 is 0 Å². The molecule has 5 atom stereocenters. The number of ether oxygens (including phenoxy) is 1. The molecule has 5 aliphatic rings. The van der Waals surface area contributed by atoms with E-state index in [-0.39, 0.29) is 29.8 Å². The van der Waals surface area contributed by atoms with Gasteiger partial charge in [-0.05, 0) is 112 Å². The molecular formula is C47H59N5O4S. The van der Waals surface area contributed by atoms with E-state index >= 15 is 4.79 Å². The Labute approximate surface area is 340 Å². The summed E-state index contributed by atoms with van der Waals surface area (Å²) in [5.41, 5.74) is 7.39. The quantitative estimate of drug-likeness (QED) is 0.160. The summed E-state index contributed by atoms with van der Waals surface area (Å²) in [6.45, 7) is 3.54. The highest BCUT2D eigenvalue weighted by Crippen LogP contribution is 2.67. The number of carbonyl (C=O) groups excluding carboxylic acids is 2. The molecule has 2 bridgehead atoms. The van der Waals surface area contributed by atoms with Crippen molar-refractivity contribution in [2.24, 2.45) is 5.41 Å². The van der Waals surface area contributed by atoms with Crippen LogP contribution < -0.4 is 10.1 Å². The molecular weight excluding hydrogens is 731 g/mol. The van der Waals surface area contributed by atoms with Crippen LogP contribution in [0, 0.1) is 5.41 Å². The summed E-state index contributed by atoms with van der Waals surface area (Å²) >= 11 is 0. The van der Waals surface area contributed by atoms with Gasteiger partial charge < -0.3 is 24.4 Å². The number of piperidine rings is 1. The summed E-state index contributed by atoms with van der Waals surface area (Å²) in [4.78, 5) is 36.4. The number of nitrogens with one attached hydrogen (secondary N) is 1. The Kier molecular flexibility index (Phi) is 10.6. The van der Waals surface area contributed by atoms with E-state index in [4.69, 9.17) is 4.74 Å². The van der Waals surface area contributed by atoms with E-state index < -0.39 is 16.2 Å². The van der Waals surface area contributed by atoms with Crippen molar-refractivity contribution in [2.75, 3.05) is 46.4 Å². The lowest BCUT2D eigenvalue weighted by Gasteiger charge is -2.45. The molecule has 2 saturated carbocycles. The van der Waals surface area contributed by atoms with Gasteiger partial charge in [-0.1, -0.05) is 55.7 Å². The maximum Gasteiger partial charge on any atom is 0.252 e. The molecule has 4 aromatic rings. The van der Waals surface area contributed by atoms with Gasteiger partial charge in [0, 0.05) is 89.3 Å². The third-order valence-electron chi connectivity index (χ3n) is 14.2. The molecule has 9 nitrogen and oxygen atoms in total. The predicted octanol–water partition coefficient (Wildman–Crippen LogP) is 7.50. The van der Waals surface area contributed by atoms with Crippen LogP contribution in [0.5, 0.6) is 5.75 Å². The standard InChI is InChI=1S/C47H59N5O4S/c1-49(2)21-22-50(28-31-11-7-5-8-12-31)36-24-34-16-17-35(25-36)52(34)46(54)47-27-41(47)40-26-37(56-3)18-20-38(40)44-43(32-13-9-6-10-14-32)39-19-15-33(23-42(39)51(44)29-47)45(53)48-30-57(4)55/h5,7-8,11-12,15,18-20,23,26,32,34-36,41H,6,9-10,13-14,16-17,21-22,24-25,27-30H2,1-4H3,(H,48,53). The van der Waals surface area contributed by atoms with Gasteiger partial charge in [-0.3, -0.25) is 18.7 Å². The van der Waals surface area contributed by atoms with Crippen LogP contribution in [0.3, 0.4) is 0 Å². The Bertz CT molecular complexity index is 2160. The third kappa shape index (κ3) is 7.14. The lowest BCUT2D eigenvalue weighted by atomic mass is 9.81. The maximum atomic E-state index is 15.6. The Balaban J connectivity index is 1.10. The van der Waals surface area contributed by atoms with Crippen molar-refractivity contribution >= 4 is 33.5 Å². The average Bonchev–Trinajstić information content (AvgIpc) is 3.82. The van der Waals surface area contributed by atoms with E-state index in [0.717, 1.165) is 75.8 Å². The zero-order valence-corrected chi connectivity index (χ0v) is 35.0. The van der Waals surface area contributed by atoms with Gasteiger partial charge in [0.05, 0.1) is 24.1 Å². The van der Waals surface area contributed by atoms with Gasteiger partial charge in [0.15, 0.2) is 0 Å². The minimum atomic E-state index is -1.14. The molecule has 2 amide bonds. The molecule has 5 unspecified atom stereocenters. The van der Waals surface area contributed by atoms with Crippen LogP contribution in [0.25, 0.3) is 22.2 Å². The first kappa shape index (κ1) is 38.5. The number of aromatic nitrogens is 1. The van der Waals surface area contributed by atoms with Crippen molar-refractivity contribution in [2.45, 2.75) is 107 Å². The summed E-state index contributed by atoms with van der Waals surface area (Å²) in [6.07, 6.45) is 12.5. The molecule has 3 aliphatic heterocycles. The number of hydrogen-bond acceptors (Lipinski definition) is 6. The Morgan fingerprint density at radius 2 is 1.68 bits per heavy atom. The number of fused-ring (bicyclic) bond motifs is 9. The molecule has 2 aliphatic carbocycles. The highest BCUT2D eigenvalue weighted by Gasteiger charge is 2.65. The fraction of sp³-hybridized carbons (Fsp3) is 0.532. The Morgan fingerprint density at radius 1 is 0.930 bits per heavy atom. The molecule has 4 fully saturated rings. The average molecular weight is 790 g/mol. The second kappa shape index (κ2) is 15.6. The van der Waals surface area contributed by atoms with Gasteiger partial charge in [0.1, 0.15) is 5.75 Å². The fourth-order valence-electron chi connectivity index (χ4n) is 11.3. The van der Waals surface area contributed by atoms with Crippen molar-refractivity contribution in [3.8, 4) is 17.0 Å². The van der Waals surface area contributed by atoms with Crippen molar-refractivity contribution in [1.29, 1.82) is 0 Å². The van der Waals surface area contributed by atoms with Crippen molar-refractivity contribution < 1.29 is 18.5 Å². The summed E-state index contributed by atoms with van der Waals surface area (Å²) < 4.78 is 20.2. The molecule has 9 rings (SSSR count). The van der Waals surface area contributed by atoms with Gasteiger partial charge in [-0.2, -0.15) is 0 Å². The number of hydrogen-bond donors (Lipinski definition) is 1. The maximum absolute atomic E-state index is 15.6.